The van der Waals surface area contributed by atoms with Crippen LogP contribution in [0.5, 0.6) is 0 Å². The smallest absolute Gasteiger partial charge is 0.0449 e. The monoisotopic (exact) mass is 221 g/mol. The first kappa shape index (κ1) is 13.2. The van der Waals surface area contributed by atoms with Crippen molar-refractivity contribution in [2.45, 2.75) is 38.6 Å². The Kier molecular flexibility index (Phi) is 4.51. The third kappa shape index (κ3) is 3.32. The highest BCUT2D eigenvalue weighted by Gasteiger charge is 2.14. The topological polar surface area (TPSA) is 32.3 Å². The van der Waals surface area contributed by atoms with Gasteiger partial charge in [-0.05, 0) is 30.0 Å². The van der Waals surface area contributed by atoms with E-state index in [4.69, 9.17) is 5.11 Å². The summed E-state index contributed by atoms with van der Waals surface area (Å²) in [5.74, 6) is 0. The minimum absolute atomic E-state index is 0.199. The first-order valence-electron chi connectivity index (χ1n) is 5.87. The van der Waals surface area contributed by atoms with Gasteiger partial charge >= 0.3 is 0 Å². The van der Waals surface area contributed by atoms with E-state index in [2.05, 4.69) is 50.4 Å². The van der Waals surface area contributed by atoms with Gasteiger partial charge in [0, 0.05) is 12.6 Å². The van der Waals surface area contributed by atoms with Crippen LogP contribution in [0.3, 0.4) is 0 Å². The fourth-order valence-electron chi connectivity index (χ4n) is 1.82. The van der Waals surface area contributed by atoms with Gasteiger partial charge in [-0.25, -0.2) is 0 Å². The molecule has 0 spiro atoms. The molecule has 0 heterocycles. The Bertz CT molecular complexity index is 311. The Morgan fingerprint density at radius 1 is 1.19 bits per heavy atom. The van der Waals surface area contributed by atoms with Crippen LogP contribution < -0.4 is 5.32 Å². The number of nitrogens with one attached hydrogen (secondary N) is 1. The zero-order valence-corrected chi connectivity index (χ0v) is 10.7. The molecule has 1 unspecified atom stereocenters. The van der Waals surface area contributed by atoms with Crippen molar-refractivity contribution in [3.63, 3.8) is 0 Å². The second-order valence-electron chi connectivity index (χ2n) is 5.23. The molecule has 0 bridgehead atoms. The van der Waals surface area contributed by atoms with Gasteiger partial charge in [0.05, 0.1) is 0 Å². The molecule has 2 N–H and O–H groups in total. The molecule has 0 radical (unpaired) electrons. The lowest BCUT2D eigenvalue weighted by atomic mass is 9.86. The summed E-state index contributed by atoms with van der Waals surface area (Å²) in [6.07, 6.45) is 0.755. The van der Waals surface area contributed by atoms with Crippen molar-refractivity contribution in [1.82, 2.24) is 5.32 Å². The Balaban J connectivity index is 2.85. The van der Waals surface area contributed by atoms with Crippen molar-refractivity contribution >= 4 is 0 Å². The lowest BCUT2D eigenvalue weighted by Crippen LogP contribution is -2.18. The summed E-state index contributed by atoms with van der Waals surface area (Å²) in [6.45, 7) is 6.86. The van der Waals surface area contributed by atoms with Gasteiger partial charge in [0.25, 0.3) is 0 Å². The third-order valence-corrected chi connectivity index (χ3v) is 2.95. The molecule has 0 fully saturated rings. The maximum atomic E-state index is 8.97. The van der Waals surface area contributed by atoms with Crippen molar-refractivity contribution in [2.24, 2.45) is 0 Å². The van der Waals surface area contributed by atoms with Gasteiger partial charge in [0.2, 0.25) is 0 Å². The van der Waals surface area contributed by atoms with Crippen molar-refractivity contribution in [3.05, 3.63) is 35.4 Å². The predicted molar refractivity (Wildman–Crippen MR) is 68.6 cm³/mol. The normalized spacial score (nSPS) is 13.8. The molecule has 1 atom stereocenters. The molecule has 1 aromatic carbocycles. The number of hydrogen-bond acceptors (Lipinski definition) is 2. The summed E-state index contributed by atoms with van der Waals surface area (Å²) >= 11 is 0. The van der Waals surface area contributed by atoms with Gasteiger partial charge < -0.3 is 10.4 Å². The fourth-order valence-corrected chi connectivity index (χ4v) is 1.82. The van der Waals surface area contributed by atoms with E-state index in [1.165, 1.54) is 11.1 Å². The summed E-state index contributed by atoms with van der Waals surface area (Å²) in [5.41, 5.74) is 2.78. The summed E-state index contributed by atoms with van der Waals surface area (Å²) in [4.78, 5) is 0. The quantitative estimate of drug-likeness (QED) is 0.819. The zero-order chi connectivity index (χ0) is 12.2. The van der Waals surface area contributed by atoms with Crippen LogP contribution in [0.15, 0.2) is 24.3 Å². The molecule has 1 rings (SSSR count). The Morgan fingerprint density at radius 3 is 2.12 bits per heavy atom. The molecular formula is C14H23NO. The van der Waals surface area contributed by atoms with Gasteiger partial charge in [0.1, 0.15) is 0 Å². The van der Waals surface area contributed by atoms with Gasteiger partial charge in [-0.1, -0.05) is 45.0 Å². The molecule has 90 valence electrons. The molecule has 1 aromatic rings. The van der Waals surface area contributed by atoms with E-state index in [-0.39, 0.29) is 18.1 Å². The van der Waals surface area contributed by atoms with Crippen LogP contribution in [0.4, 0.5) is 0 Å². The number of rotatable bonds is 4. The molecule has 0 aliphatic rings. The van der Waals surface area contributed by atoms with Gasteiger partial charge in [-0.2, -0.15) is 0 Å². The maximum absolute atomic E-state index is 8.97. The van der Waals surface area contributed by atoms with E-state index >= 15 is 0 Å². The predicted octanol–water partition coefficient (Wildman–Crippen LogP) is 2.63. The van der Waals surface area contributed by atoms with Crippen molar-refractivity contribution in [1.29, 1.82) is 0 Å². The average molecular weight is 221 g/mol. The van der Waals surface area contributed by atoms with Crippen LogP contribution in [0, 0.1) is 0 Å². The van der Waals surface area contributed by atoms with Gasteiger partial charge in [-0.15, -0.1) is 0 Å². The molecule has 2 nitrogen and oxygen atoms in total. The Hall–Kier alpha value is -0.860. The Morgan fingerprint density at radius 2 is 1.75 bits per heavy atom. The van der Waals surface area contributed by atoms with Crippen LogP contribution in [0.2, 0.25) is 0 Å². The summed E-state index contributed by atoms with van der Waals surface area (Å²) in [5, 5.41) is 12.2. The minimum atomic E-state index is 0.199. The molecule has 2 heteroatoms. The van der Waals surface area contributed by atoms with E-state index in [0.717, 1.165) is 6.42 Å². The highest BCUT2D eigenvalue weighted by molar-refractivity contribution is 5.29. The van der Waals surface area contributed by atoms with Crippen molar-refractivity contribution in [3.8, 4) is 0 Å². The largest absolute Gasteiger partial charge is 0.396 e. The second-order valence-corrected chi connectivity index (χ2v) is 5.23. The van der Waals surface area contributed by atoms with Crippen LogP contribution in [0.1, 0.15) is 44.4 Å². The maximum Gasteiger partial charge on any atom is 0.0449 e. The zero-order valence-electron chi connectivity index (χ0n) is 10.7. The van der Waals surface area contributed by atoms with Crippen molar-refractivity contribution in [2.75, 3.05) is 13.7 Å². The number of aliphatic hydroxyl groups is 1. The second kappa shape index (κ2) is 5.46. The van der Waals surface area contributed by atoms with E-state index in [0.29, 0.717) is 0 Å². The van der Waals surface area contributed by atoms with E-state index in [1.807, 2.05) is 7.05 Å². The Labute approximate surface area is 98.7 Å². The number of hydrogen-bond donors (Lipinski definition) is 2. The van der Waals surface area contributed by atoms with Crippen LogP contribution in [-0.4, -0.2) is 18.8 Å². The number of aliphatic hydroxyl groups excluding tert-OH is 1. The molecular weight excluding hydrogens is 198 g/mol. The molecule has 0 saturated heterocycles. The van der Waals surface area contributed by atoms with Crippen molar-refractivity contribution < 1.29 is 5.11 Å². The summed E-state index contributed by atoms with van der Waals surface area (Å²) < 4.78 is 0. The highest BCUT2D eigenvalue weighted by atomic mass is 16.3. The summed E-state index contributed by atoms with van der Waals surface area (Å²) in [7, 11) is 1.93. The standard InChI is InChI=1S/C14H23NO/c1-14(2,3)12-7-5-11(6-8-12)13(15-4)9-10-16/h5-8,13,15-16H,9-10H2,1-4H3. The van der Waals surface area contributed by atoms with Gasteiger partial charge in [0.15, 0.2) is 0 Å². The first-order valence-corrected chi connectivity index (χ1v) is 5.87. The third-order valence-electron chi connectivity index (χ3n) is 2.95. The molecule has 0 aliphatic carbocycles. The molecule has 0 saturated carbocycles. The lowest BCUT2D eigenvalue weighted by molar-refractivity contribution is 0.269. The molecule has 16 heavy (non-hydrogen) atoms. The average Bonchev–Trinajstić information content (AvgIpc) is 2.25. The van der Waals surface area contributed by atoms with Crippen LogP contribution in [-0.2, 0) is 5.41 Å². The highest BCUT2D eigenvalue weighted by Crippen LogP contribution is 2.24. The molecule has 0 aromatic heterocycles. The summed E-state index contributed by atoms with van der Waals surface area (Å²) in [6, 6.07) is 8.90. The minimum Gasteiger partial charge on any atom is -0.396 e. The number of benzene rings is 1. The van der Waals surface area contributed by atoms with Crippen LogP contribution >= 0.6 is 0 Å². The fraction of sp³-hybridized carbons (Fsp3) is 0.571. The SMILES string of the molecule is CNC(CCO)c1ccc(C(C)(C)C)cc1. The van der Waals surface area contributed by atoms with Gasteiger partial charge in [-0.3, -0.25) is 0 Å². The molecule has 0 amide bonds. The van der Waals surface area contributed by atoms with E-state index in [1.54, 1.807) is 0 Å². The molecule has 0 aliphatic heterocycles. The van der Waals surface area contributed by atoms with E-state index < -0.39 is 0 Å². The lowest BCUT2D eigenvalue weighted by Gasteiger charge is -2.21. The van der Waals surface area contributed by atoms with Crippen LogP contribution in [0.25, 0.3) is 0 Å². The van der Waals surface area contributed by atoms with E-state index in [9.17, 15) is 0 Å². The first-order chi connectivity index (χ1) is 7.49.